The number of benzene rings is 1. The topological polar surface area (TPSA) is 102 Å². The average molecular weight is 413 g/mol. The van der Waals surface area contributed by atoms with Crippen LogP contribution >= 0.6 is 0 Å². The molecule has 1 amide bonds. The van der Waals surface area contributed by atoms with Crippen molar-refractivity contribution in [2.24, 2.45) is 11.8 Å². The molecular formula is C19H28N2O6S. The van der Waals surface area contributed by atoms with E-state index in [2.05, 4.69) is 5.32 Å². The number of hydrogen-bond donors (Lipinski definition) is 1. The van der Waals surface area contributed by atoms with Gasteiger partial charge in [0.1, 0.15) is 10.6 Å². The van der Waals surface area contributed by atoms with E-state index in [0.29, 0.717) is 25.6 Å². The number of carbonyl (C=O) groups is 2. The fraction of sp³-hybridized carbons (Fsp3) is 0.579. The van der Waals surface area contributed by atoms with Crippen LogP contribution in [0.3, 0.4) is 0 Å². The van der Waals surface area contributed by atoms with Crippen molar-refractivity contribution >= 4 is 27.6 Å². The summed E-state index contributed by atoms with van der Waals surface area (Å²) < 4.78 is 37.6. The summed E-state index contributed by atoms with van der Waals surface area (Å²) in [5, 5.41) is 2.57. The molecule has 0 aromatic heterocycles. The second kappa shape index (κ2) is 9.38. The van der Waals surface area contributed by atoms with Crippen molar-refractivity contribution in [3.05, 3.63) is 18.2 Å². The Balaban J connectivity index is 2.15. The van der Waals surface area contributed by atoms with Gasteiger partial charge in [-0.25, -0.2) is 8.42 Å². The van der Waals surface area contributed by atoms with E-state index in [4.69, 9.17) is 9.47 Å². The maximum Gasteiger partial charge on any atom is 0.309 e. The van der Waals surface area contributed by atoms with E-state index in [0.717, 1.165) is 6.42 Å². The van der Waals surface area contributed by atoms with Crippen LogP contribution < -0.4 is 10.1 Å². The lowest BCUT2D eigenvalue weighted by Crippen LogP contribution is -2.31. The van der Waals surface area contributed by atoms with Crippen LogP contribution in [0.5, 0.6) is 5.75 Å². The highest BCUT2D eigenvalue weighted by molar-refractivity contribution is 7.89. The normalized spacial score (nSPS) is 18.6. The van der Waals surface area contributed by atoms with Gasteiger partial charge in [-0.3, -0.25) is 9.59 Å². The number of carbonyl (C=O) groups excluding carboxylic acids is 2. The molecule has 1 aromatic carbocycles. The molecule has 0 unspecified atom stereocenters. The van der Waals surface area contributed by atoms with Gasteiger partial charge in [0, 0.05) is 18.8 Å². The zero-order valence-corrected chi connectivity index (χ0v) is 17.5. The van der Waals surface area contributed by atoms with E-state index >= 15 is 0 Å². The monoisotopic (exact) mass is 412 g/mol. The molecule has 1 fully saturated rings. The van der Waals surface area contributed by atoms with Gasteiger partial charge in [0.15, 0.2) is 6.61 Å². The van der Waals surface area contributed by atoms with Gasteiger partial charge in [-0.1, -0.05) is 20.8 Å². The van der Waals surface area contributed by atoms with Crippen LogP contribution in [-0.4, -0.2) is 50.9 Å². The molecule has 1 aliphatic carbocycles. The van der Waals surface area contributed by atoms with Crippen molar-refractivity contribution in [3.8, 4) is 5.75 Å². The molecule has 2 rings (SSSR count). The highest BCUT2D eigenvalue weighted by Crippen LogP contribution is 2.38. The van der Waals surface area contributed by atoms with E-state index in [1.165, 1.54) is 16.4 Å². The van der Waals surface area contributed by atoms with Gasteiger partial charge in [-0.15, -0.1) is 0 Å². The molecule has 1 N–H and O–H groups in total. The molecule has 1 aromatic rings. The Morgan fingerprint density at radius 2 is 1.86 bits per heavy atom. The summed E-state index contributed by atoms with van der Waals surface area (Å²) in [5.74, 6) is -0.503. The third-order valence-electron chi connectivity index (χ3n) is 4.61. The van der Waals surface area contributed by atoms with Crippen LogP contribution in [-0.2, 0) is 24.3 Å². The highest BCUT2D eigenvalue weighted by atomic mass is 32.2. The highest BCUT2D eigenvalue weighted by Gasteiger charge is 2.40. The van der Waals surface area contributed by atoms with E-state index < -0.39 is 22.5 Å². The quantitative estimate of drug-likeness (QED) is 0.592. The third kappa shape index (κ3) is 5.23. The molecule has 1 saturated carbocycles. The molecule has 0 aliphatic heterocycles. The first-order valence-electron chi connectivity index (χ1n) is 9.48. The largest absolute Gasteiger partial charge is 0.492 e. The van der Waals surface area contributed by atoms with E-state index in [-0.39, 0.29) is 28.2 Å². The predicted molar refractivity (Wildman–Crippen MR) is 105 cm³/mol. The minimum absolute atomic E-state index is 0.0142. The molecule has 9 heteroatoms. The molecule has 0 saturated heterocycles. The number of nitrogens with zero attached hydrogens (tertiary/aromatic N) is 1. The maximum atomic E-state index is 12.9. The van der Waals surface area contributed by atoms with Crippen LogP contribution in [0.25, 0.3) is 0 Å². The maximum absolute atomic E-state index is 12.9. The summed E-state index contributed by atoms with van der Waals surface area (Å²) in [6.45, 7) is 7.75. The second-order valence-corrected chi connectivity index (χ2v) is 8.57. The third-order valence-corrected chi connectivity index (χ3v) is 6.68. The standard InChI is InChI=1S/C19H28N2O6S/c1-5-21(6-2)28(24,25)17-11-14(8-9-16(17)26-7-3)20-18(22)12-27-19(23)15-10-13(15)4/h8-9,11,13,15H,5-7,10,12H2,1-4H3,(H,20,22)/t13-,15-/m1/s1. The average Bonchev–Trinajstić information content (AvgIpc) is 3.38. The Morgan fingerprint density at radius 1 is 1.21 bits per heavy atom. The van der Waals surface area contributed by atoms with Crippen molar-refractivity contribution < 1.29 is 27.5 Å². The molecule has 2 atom stereocenters. The lowest BCUT2D eigenvalue weighted by Gasteiger charge is -2.21. The summed E-state index contributed by atoms with van der Waals surface area (Å²) in [6.07, 6.45) is 0.784. The number of ether oxygens (including phenoxy) is 2. The number of anilines is 1. The van der Waals surface area contributed by atoms with Gasteiger partial charge in [-0.2, -0.15) is 4.31 Å². The first kappa shape index (κ1) is 22.2. The summed E-state index contributed by atoms with van der Waals surface area (Å²) in [5.41, 5.74) is 0.287. The molecule has 1 aliphatic rings. The Labute approximate surface area is 166 Å². The van der Waals surface area contributed by atoms with Gasteiger partial charge in [0.25, 0.3) is 5.91 Å². The van der Waals surface area contributed by atoms with Gasteiger partial charge in [-0.05, 0) is 37.5 Å². The molecule has 28 heavy (non-hydrogen) atoms. The van der Waals surface area contributed by atoms with Crippen LogP contribution in [0.15, 0.2) is 23.1 Å². The minimum atomic E-state index is -3.78. The number of amides is 1. The lowest BCUT2D eigenvalue weighted by molar-refractivity contribution is -0.148. The van der Waals surface area contributed by atoms with Crippen molar-refractivity contribution in [2.45, 2.75) is 39.0 Å². The minimum Gasteiger partial charge on any atom is -0.492 e. The zero-order valence-electron chi connectivity index (χ0n) is 16.7. The SMILES string of the molecule is CCOc1ccc(NC(=O)COC(=O)[C@@H]2C[C@H]2C)cc1S(=O)(=O)N(CC)CC. The summed E-state index contributed by atoms with van der Waals surface area (Å²) >= 11 is 0. The molecule has 156 valence electrons. The van der Waals surface area contributed by atoms with Gasteiger partial charge < -0.3 is 14.8 Å². The number of nitrogens with one attached hydrogen (secondary N) is 1. The van der Waals surface area contributed by atoms with Crippen LogP contribution in [0, 0.1) is 11.8 Å². The Morgan fingerprint density at radius 3 is 2.39 bits per heavy atom. The zero-order chi connectivity index (χ0) is 20.9. The number of sulfonamides is 1. The summed E-state index contributed by atoms with van der Waals surface area (Å²) in [4.78, 5) is 23.8. The van der Waals surface area contributed by atoms with Gasteiger partial charge >= 0.3 is 5.97 Å². The Kier molecular flexibility index (Phi) is 7.42. The van der Waals surface area contributed by atoms with Crippen LogP contribution in [0.4, 0.5) is 5.69 Å². The summed E-state index contributed by atoms with van der Waals surface area (Å²) in [6, 6.07) is 4.42. The smallest absolute Gasteiger partial charge is 0.309 e. The Bertz CT molecular complexity index is 820. The van der Waals surface area contributed by atoms with E-state index in [9.17, 15) is 18.0 Å². The molecular weight excluding hydrogens is 384 g/mol. The van der Waals surface area contributed by atoms with Crippen molar-refractivity contribution in [2.75, 3.05) is 31.6 Å². The fourth-order valence-corrected chi connectivity index (χ4v) is 4.47. The van der Waals surface area contributed by atoms with Crippen molar-refractivity contribution in [3.63, 3.8) is 0 Å². The lowest BCUT2D eigenvalue weighted by atomic mass is 10.3. The van der Waals surface area contributed by atoms with Crippen molar-refractivity contribution in [1.29, 1.82) is 0 Å². The molecule has 0 bridgehead atoms. The number of rotatable bonds is 10. The van der Waals surface area contributed by atoms with Crippen LogP contribution in [0.1, 0.15) is 34.1 Å². The second-order valence-electron chi connectivity index (χ2n) is 6.66. The fourth-order valence-electron chi connectivity index (χ4n) is 2.86. The first-order valence-corrected chi connectivity index (χ1v) is 10.9. The molecule has 0 heterocycles. The first-order chi connectivity index (χ1) is 13.2. The number of hydrogen-bond acceptors (Lipinski definition) is 6. The van der Waals surface area contributed by atoms with E-state index in [1.807, 2.05) is 6.92 Å². The Hall–Kier alpha value is -2.13. The molecule has 8 nitrogen and oxygen atoms in total. The molecule has 0 spiro atoms. The van der Waals surface area contributed by atoms with Crippen LogP contribution in [0.2, 0.25) is 0 Å². The van der Waals surface area contributed by atoms with Gasteiger partial charge in [0.05, 0.1) is 12.5 Å². The number of esters is 1. The summed E-state index contributed by atoms with van der Waals surface area (Å²) in [7, 11) is -3.78. The predicted octanol–water partition coefficient (Wildman–Crippen LogP) is 2.25. The van der Waals surface area contributed by atoms with Gasteiger partial charge in [0.2, 0.25) is 10.0 Å². The van der Waals surface area contributed by atoms with Crippen molar-refractivity contribution in [1.82, 2.24) is 4.31 Å². The molecule has 0 radical (unpaired) electrons. The van der Waals surface area contributed by atoms with E-state index in [1.54, 1.807) is 26.8 Å².